The van der Waals surface area contributed by atoms with Crippen LogP contribution in [0.5, 0.6) is 0 Å². The Morgan fingerprint density at radius 2 is 1.94 bits per heavy atom. The van der Waals surface area contributed by atoms with E-state index in [0.29, 0.717) is 6.42 Å². The van der Waals surface area contributed by atoms with Gasteiger partial charge in [-0.2, -0.15) is 8.42 Å². The van der Waals surface area contributed by atoms with Gasteiger partial charge in [0.2, 0.25) is 0 Å². The molecule has 3 aliphatic rings. The van der Waals surface area contributed by atoms with Crippen LogP contribution in [0.1, 0.15) is 33.6 Å². The van der Waals surface area contributed by atoms with Gasteiger partial charge in [0.15, 0.2) is 0 Å². The van der Waals surface area contributed by atoms with Gasteiger partial charge >= 0.3 is 5.97 Å². The lowest BCUT2D eigenvalue weighted by Crippen LogP contribution is -2.39. The number of carbonyl (C=O) groups is 1. The summed E-state index contributed by atoms with van der Waals surface area (Å²) in [5.41, 5.74) is -0.571. The van der Waals surface area contributed by atoms with Crippen molar-refractivity contribution in [3.63, 3.8) is 0 Å². The molecule has 5 unspecified atom stereocenters. The molecule has 6 heteroatoms. The molecule has 2 aliphatic carbocycles. The standard InChI is InChI=1S/C12H18O5S/c1-12(2,3)11(13)16-9-6-4-7-8(5-6)18(14,15)17-10(7)9/h6-10H,4-5H2,1-3H3. The van der Waals surface area contributed by atoms with E-state index in [4.69, 9.17) is 8.92 Å². The number of hydrogen-bond donors (Lipinski definition) is 0. The van der Waals surface area contributed by atoms with Crippen LogP contribution in [0.2, 0.25) is 0 Å². The molecule has 2 saturated carbocycles. The number of carbonyl (C=O) groups excluding carboxylic acids is 1. The van der Waals surface area contributed by atoms with E-state index in [2.05, 4.69) is 0 Å². The molecule has 3 rings (SSSR count). The van der Waals surface area contributed by atoms with Crippen molar-refractivity contribution in [3.8, 4) is 0 Å². The van der Waals surface area contributed by atoms with E-state index in [1.807, 2.05) is 0 Å². The molecule has 0 radical (unpaired) electrons. The fraction of sp³-hybridized carbons (Fsp3) is 0.917. The van der Waals surface area contributed by atoms with E-state index >= 15 is 0 Å². The maximum absolute atomic E-state index is 11.9. The predicted molar refractivity (Wildman–Crippen MR) is 63.1 cm³/mol. The maximum Gasteiger partial charge on any atom is 0.311 e. The summed E-state index contributed by atoms with van der Waals surface area (Å²) in [5.74, 6) is -0.115. The Morgan fingerprint density at radius 3 is 2.56 bits per heavy atom. The summed E-state index contributed by atoms with van der Waals surface area (Å²) < 4.78 is 34.1. The molecule has 2 bridgehead atoms. The summed E-state index contributed by atoms with van der Waals surface area (Å²) in [6, 6.07) is 0. The van der Waals surface area contributed by atoms with Crippen molar-refractivity contribution in [3.05, 3.63) is 0 Å². The number of esters is 1. The molecule has 0 N–H and O–H groups in total. The number of fused-ring (bicyclic) bond motifs is 1. The van der Waals surface area contributed by atoms with Gasteiger partial charge < -0.3 is 4.74 Å². The largest absolute Gasteiger partial charge is 0.459 e. The summed E-state index contributed by atoms with van der Waals surface area (Å²) in [5, 5.41) is -0.364. The van der Waals surface area contributed by atoms with E-state index in [1.54, 1.807) is 20.8 Å². The smallest absolute Gasteiger partial charge is 0.311 e. The van der Waals surface area contributed by atoms with Crippen molar-refractivity contribution in [2.45, 2.75) is 51.1 Å². The molecule has 0 spiro atoms. The normalized spacial score (nSPS) is 44.3. The quantitative estimate of drug-likeness (QED) is 0.528. The van der Waals surface area contributed by atoms with Crippen molar-refractivity contribution in [1.29, 1.82) is 0 Å². The van der Waals surface area contributed by atoms with E-state index in [9.17, 15) is 13.2 Å². The highest BCUT2D eigenvalue weighted by molar-refractivity contribution is 7.87. The van der Waals surface area contributed by atoms with Crippen LogP contribution >= 0.6 is 0 Å². The average Bonchev–Trinajstić information content (AvgIpc) is 2.80. The first-order valence-electron chi connectivity index (χ1n) is 6.33. The first-order chi connectivity index (χ1) is 8.20. The molecule has 0 aromatic heterocycles. The van der Waals surface area contributed by atoms with E-state index < -0.39 is 21.6 Å². The highest BCUT2D eigenvalue weighted by Gasteiger charge is 2.65. The van der Waals surface area contributed by atoms with Crippen molar-refractivity contribution in [2.75, 3.05) is 0 Å². The minimum atomic E-state index is -3.43. The summed E-state index contributed by atoms with van der Waals surface area (Å²) >= 11 is 0. The van der Waals surface area contributed by atoms with Gasteiger partial charge in [0.25, 0.3) is 10.1 Å². The summed E-state index contributed by atoms with van der Waals surface area (Å²) in [6.07, 6.45) is 0.558. The lowest BCUT2D eigenvalue weighted by molar-refractivity contribution is -0.165. The van der Waals surface area contributed by atoms with Crippen molar-refractivity contribution in [1.82, 2.24) is 0 Å². The Balaban J connectivity index is 1.80. The number of rotatable bonds is 1. The Labute approximate surface area is 107 Å². The van der Waals surface area contributed by atoms with Gasteiger partial charge in [-0.05, 0) is 33.6 Å². The Bertz CT molecular complexity index is 489. The van der Waals surface area contributed by atoms with Crippen LogP contribution in [0.15, 0.2) is 0 Å². The molecule has 5 atom stereocenters. The lowest BCUT2D eigenvalue weighted by Gasteiger charge is -2.28. The Kier molecular flexibility index (Phi) is 2.40. The average molecular weight is 274 g/mol. The Morgan fingerprint density at radius 1 is 1.28 bits per heavy atom. The highest BCUT2D eigenvalue weighted by atomic mass is 32.2. The summed E-state index contributed by atoms with van der Waals surface area (Å²) in [7, 11) is -3.43. The number of ether oxygens (including phenoxy) is 1. The van der Waals surface area contributed by atoms with Crippen molar-refractivity contribution < 1.29 is 22.1 Å². The van der Waals surface area contributed by atoms with Gasteiger partial charge in [-0.25, -0.2) is 0 Å². The molecular weight excluding hydrogens is 256 g/mol. The minimum absolute atomic E-state index is 0.0257. The molecule has 1 heterocycles. The summed E-state index contributed by atoms with van der Waals surface area (Å²) in [4.78, 5) is 11.9. The van der Waals surface area contributed by atoms with Gasteiger partial charge in [0.1, 0.15) is 12.2 Å². The third kappa shape index (κ3) is 1.61. The molecule has 0 aromatic carbocycles. The lowest BCUT2D eigenvalue weighted by atomic mass is 9.93. The molecule has 1 saturated heterocycles. The monoisotopic (exact) mass is 274 g/mol. The van der Waals surface area contributed by atoms with E-state index in [-0.39, 0.29) is 29.2 Å². The topological polar surface area (TPSA) is 69.7 Å². The molecule has 102 valence electrons. The van der Waals surface area contributed by atoms with Crippen molar-refractivity contribution in [2.24, 2.45) is 17.3 Å². The van der Waals surface area contributed by atoms with Crippen molar-refractivity contribution >= 4 is 16.1 Å². The second kappa shape index (κ2) is 3.48. The fourth-order valence-electron chi connectivity index (χ4n) is 3.34. The fourth-order valence-corrected chi connectivity index (χ4v) is 5.23. The van der Waals surface area contributed by atoms with Gasteiger partial charge in [-0.1, -0.05) is 0 Å². The minimum Gasteiger partial charge on any atom is -0.459 e. The molecule has 18 heavy (non-hydrogen) atoms. The van der Waals surface area contributed by atoms with Crippen LogP contribution in [0.4, 0.5) is 0 Å². The Hall–Kier alpha value is -0.620. The first-order valence-corrected chi connectivity index (χ1v) is 7.80. The second-order valence-electron chi connectivity index (χ2n) is 6.61. The molecule has 1 aliphatic heterocycles. The zero-order chi connectivity index (χ0) is 13.3. The highest BCUT2D eigenvalue weighted by Crippen LogP contribution is 2.55. The van der Waals surface area contributed by atoms with E-state index in [1.165, 1.54) is 0 Å². The van der Waals surface area contributed by atoms with Crippen LogP contribution in [0, 0.1) is 17.3 Å². The molecule has 0 aromatic rings. The van der Waals surface area contributed by atoms with Crippen LogP contribution in [-0.4, -0.2) is 31.8 Å². The van der Waals surface area contributed by atoms with Crippen LogP contribution in [-0.2, 0) is 23.8 Å². The van der Waals surface area contributed by atoms with Gasteiger partial charge in [0.05, 0.1) is 10.7 Å². The number of hydrogen-bond acceptors (Lipinski definition) is 5. The predicted octanol–water partition coefficient (Wildman–Crippen LogP) is 1.08. The third-order valence-corrected chi connectivity index (χ3v) is 6.04. The molecule has 0 amide bonds. The molecular formula is C12H18O5S. The van der Waals surface area contributed by atoms with E-state index in [0.717, 1.165) is 6.42 Å². The molecule has 5 nitrogen and oxygen atoms in total. The van der Waals surface area contributed by atoms with Crippen LogP contribution in [0.25, 0.3) is 0 Å². The van der Waals surface area contributed by atoms with Crippen LogP contribution < -0.4 is 0 Å². The SMILES string of the molecule is CC(C)(C)C(=O)OC1C2CC3C1OS(=O)(=O)C3C2. The van der Waals surface area contributed by atoms with Gasteiger partial charge in [0, 0.05) is 11.8 Å². The zero-order valence-electron chi connectivity index (χ0n) is 10.8. The van der Waals surface area contributed by atoms with Gasteiger partial charge in [-0.3, -0.25) is 8.98 Å². The second-order valence-corrected chi connectivity index (χ2v) is 8.39. The van der Waals surface area contributed by atoms with Gasteiger partial charge in [-0.15, -0.1) is 0 Å². The summed E-state index contributed by atoms with van der Waals surface area (Å²) in [6.45, 7) is 5.37. The first kappa shape index (κ1) is 12.4. The zero-order valence-corrected chi connectivity index (χ0v) is 11.6. The third-order valence-electron chi connectivity index (χ3n) is 4.27. The maximum atomic E-state index is 11.9. The van der Waals surface area contributed by atoms with Crippen LogP contribution in [0.3, 0.4) is 0 Å². The molecule has 3 fully saturated rings.